The molecule has 0 aliphatic carbocycles. The molecule has 0 saturated heterocycles. The van der Waals surface area contributed by atoms with E-state index in [0.29, 0.717) is 35.5 Å². The second-order valence-corrected chi connectivity index (χ2v) is 7.12. The lowest BCUT2D eigenvalue weighted by Crippen LogP contribution is -2.03. The van der Waals surface area contributed by atoms with Crippen molar-refractivity contribution in [1.82, 2.24) is 9.97 Å². The van der Waals surface area contributed by atoms with Gasteiger partial charge >= 0.3 is 0 Å². The van der Waals surface area contributed by atoms with E-state index in [2.05, 4.69) is 21.2 Å². The largest absolute Gasteiger partial charge is 0.504 e. The van der Waals surface area contributed by atoms with Crippen LogP contribution in [0.3, 0.4) is 0 Å². The van der Waals surface area contributed by atoms with Crippen molar-refractivity contribution in [1.29, 1.82) is 0 Å². The fourth-order valence-corrected chi connectivity index (χ4v) is 3.15. The normalized spacial score (nSPS) is 10.6. The first-order valence-corrected chi connectivity index (χ1v) is 10.2. The zero-order valence-electron chi connectivity index (χ0n) is 17.2. The minimum Gasteiger partial charge on any atom is -0.504 e. The number of anilines is 2. The summed E-state index contributed by atoms with van der Waals surface area (Å²) in [6.45, 7) is 0.0495. The zero-order valence-corrected chi connectivity index (χ0v) is 17.2. The number of ketones is 1. The summed E-state index contributed by atoms with van der Waals surface area (Å²) in [5.41, 5.74) is 2.14. The van der Waals surface area contributed by atoms with Crippen LogP contribution in [0.4, 0.5) is 11.5 Å². The lowest BCUT2D eigenvalue weighted by atomic mass is 10.1. The second kappa shape index (κ2) is 11.0. The first-order chi connectivity index (χ1) is 15.1. The molecule has 3 N–H and O–H groups in total. The molecule has 0 unspecified atom stereocenters. The number of Topliss-reactive ketones (excluding diaryl/α,β-unsaturated/α-hetero) is 1. The van der Waals surface area contributed by atoms with Crippen molar-refractivity contribution < 1.29 is 19.7 Å². The third-order valence-electron chi connectivity index (χ3n) is 4.79. The molecule has 7 heteroatoms. The first kappa shape index (κ1) is 22.1. The highest BCUT2D eigenvalue weighted by molar-refractivity contribution is 5.93. The molecule has 0 bridgehead atoms. The number of hydrogen-bond acceptors (Lipinski definition) is 7. The Kier molecular flexibility index (Phi) is 7.79. The fourth-order valence-electron chi connectivity index (χ4n) is 3.15. The molecular formula is C24H25N3O4. The summed E-state index contributed by atoms with van der Waals surface area (Å²) >= 11 is 0. The van der Waals surface area contributed by atoms with Crippen LogP contribution in [0, 0.1) is 12.3 Å². The van der Waals surface area contributed by atoms with Gasteiger partial charge in [0, 0.05) is 29.1 Å². The van der Waals surface area contributed by atoms with Gasteiger partial charge in [-0.3, -0.25) is 4.79 Å². The number of nitrogens with zero attached hydrogens (tertiary/aromatic N) is 2. The predicted molar refractivity (Wildman–Crippen MR) is 120 cm³/mol. The number of aliphatic hydroxyl groups excluding tert-OH is 1. The Morgan fingerprint density at radius 3 is 2.77 bits per heavy atom. The third-order valence-corrected chi connectivity index (χ3v) is 4.79. The van der Waals surface area contributed by atoms with Crippen LogP contribution in [0.15, 0.2) is 42.7 Å². The standard InChI is InChI=1S/C24H25N3O4/c1-2-17-8-7-9-18(12-17)27-24-20-13-23(22(30)14-21(20)25-16-26-24)31-11-6-4-3-5-10-19(29)15-28/h1,7-9,12-14,16,28,30H,3-6,10-11,15H2,(H,25,26,27). The smallest absolute Gasteiger partial charge is 0.161 e. The number of aliphatic hydroxyl groups is 1. The highest BCUT2D eigenvalue weighted by atomic mass is 16.5. The Morgan fingerprint density at radius 2 is 1.97 bits per heavy atom. The molecule has 31 heavy (non-hydrogen) atoms. The molecule has 0 saturated carbocycles. The van der Waals surface area contributed by atoms with Crippen LogP contribution in [0.2, 0.25) is 0 Å². The third kappa shape index (κ3) is 6.17. The number of benzene rings is 2. The topological polar surface area (TPSA) is 105 Å². The highest BCUT2D eigenvalue weighted by Gasteiger charge is 2.11. The molecule has 7 nitrogen and oxygen atoms in total. The first-order valence-electron chi connectivity index (χ1n) is 10.2. The van der Waals surface area contributed by atoms with E-state index in [1.807, 2.05) is 24.3 Å². The van der Waals surface area contributed by atoms with Crippen molar-refractivity contribution in [2.75, 3.05) is 18.5 Å². The number of phenols is 1. The van der Waals surface area contributed by atoms with Crippen molar-refractivity contribution in [3.8, 4) is 23.8 Å². The number of nitrogens with one attached hydrogen (secondary N) is 1. The van der Waals surface area contributed by atoms with E-state index < -0.39 is 0 Å². The number of carbonyl (C=O) groups excluding carboxylic acids is 1. The number of fused-ring (bicyclic) bond motifs is 1. The van der Waals surface area contributed by atoms with E-state index in [9.17, 15) is 9.90 Å². The number of ether oxygens (including phenoxy) is 1. The van der Waals surface area contributed by atoms with Gasteiger partial charge in [0.25, 0.3) is 0 Å². The van der Waals surface area contributed by atoms with E-state index >= 15 is 0 Å². The average molecular weight is 419 g/mol. The van der Waals surface area contributed by atoms with Crippen LogP contribution >= 0.6 is 0 Å². The molecule has 0 aliphatic rings. The molecule has 3 rings (SSSR count). The van der Waals surface area contributed by atoms with E-state index in [4.69, 9.17) is 16.3 Å². The molecule has 160 valence electrons. The molecule has 3 aromatic rings. The van der Waals surface area contributed by atoms with E-state index in [1.54, 1.807) is 12.1 Å². The minimum atomic E-state index is -0.389. The molecule has 1 aromatic heterocycles. The Balaban J connectivity index is 1.65. The van der Waals surface area contributed by atoms with Crippen LogP contribution in [-0.4, -0.2) is 39.2 Å². The fraction of sp³-hybridized carbons (Fsp3) is 0.292. The SMILES string of the molecule is C#Cc1cccc(Nc2ncnc3cc(O)c(OCCCCCCC(=O)CO)cc23)c1. The second-order valence-electron chi connectivity index (χ2n) is 7.12. The number of aromatic hydroxyl groups is 1. The lowest BCUT2D eigenvalue weighted by molar-refractivity contribution is -0.121. The van der Waals surface area contributed by atoms with Crippen LogP contribution in [0.1, 0.15) is 37.7 Å². The summed E-state index contributed by atoms with van der Waals surface area (Å²) < 4.78 is 5.77. The Bertz CT molecular complexity index is 1090. The van der Waals surface area contributed by atoms with Gasteiger partial charge in [-0.2, -0.15) is 0 Å². The number of rotatable bonds is 11. The van der Waals surface area contributed by atoms with Gasteiger partial charge in [-0.15, -0.1) is 6.42 Å². The summed E-state index contributed by atoms with van der Waals surface area (Å²) in [4.78, 5) is 19.6. The zero-order chi connectivity index (χ0) is 22.1. The number of terminal acetylenes is 1. The molecule has 2 aromatic carbocycles. The molecule has 0 aliphatic heterocycles. The molecule has 0 amide bonds. The quantitative estimate of drug-likeness (QED) is 0.319. The Labute approximate surface area is 181 Å². The van der Waals surface area contributed by atoms with Gasteiger partial charge < -0.3 is 20.3 Å². The molecule has 0 radical (unpaired) electrons. The maximum atomic E-state index is 11.1. The monoisotopic (exact) mass is 419 g/mol. The van der Waals surface area contributed by atoms with Crippen LogP contribution < -0.4 is 10.1 Å². The van der Waals surface area contributed by atoms with Crippen molar-refractivity contribution in [2.45, 2.75) is 32.1 Å². The lowest BCUT2D eigenvalue weighted by Gasteiger charge is -2.12. The van der Waals surface area contributed by atoms with E-state index in [-0.39, 0.29) is 18.1 Å². The summed E-state index contributed by atoms with van der Waals surface area (Å²) in [5.74, 6) is 3.43. The van der Waals surface area contributed by atoms with Gasteiger partial charge in [-0.25, -0.2) is 9.97 Å². The maximum Gasteiger partial charge on any atom is 0.161 e. The van der Waals surface area contributed by atoms with Gasteiger partial charge in [0.15, 0.2) is 17.3 Å². The number of carbonyl (C=O) groups is 1. The maximum absolute atomic E-state index is 11.1. The van der Waals surface area contributed by atoms with Crippen LogP contribution in [0.5, 0.6) is 11.5 Å². The van der Waals surface area contributed by atoms with Crippen molar-refractivity contribution in [3.05, 3.63) is 48.3 Å². The van der Waals surface area contributed by atoms with E-state index in [0.717, 1.165) is 36.9 Å². The Hall–Kier alpha value is -3.63. The number of aromatic nitrogens is 2. The average Bonchev–Trinajstić information content (AvgIpc) is 2.79. The molecule has 0 fully saturated rings. The summed E-state index contributed by atoms with van der Waals surface area (Å²) in [6, 6.07) is 10.7. The van der Waals surface area contributed by atoms with Gasteiger partial charge in [-0.1, -0.05) is 24.8 Å². The van der Waals surface area contributed by atoms with Crippen molar-refractivity contribution in [2.24, 2.45) is 0 Å². The van der Waals surface area contributed by atoms with Crippen LogP contribution in [0.25, 0.3) is 10.9 Å². The predicted octanol–water partition coefficient (Wildman–Crippen LogP) is 3.95. The van der Waals surface area contributed by atoms with Gasteiger partial charge in [0.05, 0.1) is 12.1 Å². The number of unbranched alkanes of at least 4 members (excludes halogenated alkanes) is 3. The summed E-state index contributed by atoms with van der Waals surface area (Å²) in [7, 11) is 0. The highest BCUT2D eigenvalue weighted by Crippen LogP contribution is 2.34. The molecule has 0 spiro atoms. The van der Waals surface area contributed by atoms with Gasteiger partial charge in [0.1, 0.15) is 18.8 Å². The Morgan fingerprint density at radius 1 is 1.13 bits per heavy atom. The molecule has 1 heterocycles. The van der Waals surface area contributed by atoms with Crippen molar-refractivity contribution in [3.63, 3.8) is 0 Å². The summed E-state index contributed by atoms with van der Waals surface area (Å²) in [6.07, 6.45) is 10.6. The number of phenolic OH excluding ortho intramolecular Hbond substituents is 1. The van der Waals surface area contributed by atoms with Crippen LogP contribution in [-0.2, 0) is 4.79 Å². The van der Waals surface area contributed by atoms with Gasteiger partial charge in [0.2, 0.25) is 0 Å². The minimum absolute atomic E-state index is 0.0139. The summed E-state index contributed by atoms with van der Waals surface area (Å²) in [5, 5.41) is 23.0. The van der Waals surface area contributed by atoms with Gasteiger partial charge in [-0.05, 0) is 37.1 Å². The van der Waals surface area contributed by atoms with Crippen molar-refractivity contribution >= 4 is 28.2 Å². The molecule has 0 atom stereocenters. The van der Waals surface area contributed by atoms with E-state index in [1.165, 1.54) is 6.33 Å². The molecular weight excluding hydrogens is 394 g/mol. The number of hydrogen-bond donors (Lipinski definition) is 3.